The first-order valence-electron chi connectivity index (χ1n) is 6.72. The first-order chi connectivity index (χ1) is 9.29. The van der Waals surface area contributed by atoms with E-state index in [9.17, 15) is 0 Å². The minimum absolute atomic E-state index is 0.0832. The van der Waals surface area contributed by atoms with Crippen LogP contribution in [0.15, 0.2) is 11.4 Å². The fourth-order valence-corrected chi connectivity index (χ4v) is 2.70. The molecule has 0 aromatic carbocycles. The number of aliphatic hydroxyl groups is 1. The van der Waals surface area contributed by atoms with Gasteiger partial charge in [0.05, 0.1) is 6.61 Å². The van der Waals surface area contributed by atoms with E-state index < -0.39 is 0 Å². The number of ether oxygens (including phenoxy) is 1. The van der Waals surface area contributed by atoms with E-state index in [2.05, 4.69) is 23.8 Å². The molecule has 1 heterocycles. The molecule has 0 atom stereocenters. The van der Waals surface area contributed by atoms with Crippen LogP contribution >= 0.6 is 11.3 Å². The van der Waals surface area contributed by atoms with E-state index in [0.29, 0.717) is 0 Å². The third kappa shape index (κ3) is 5.33. The van der Waals surface area contributed by atoms with Crippen LogP contribution in [0.25, 0.3) is 0 Å². The minimum Gasteiger partial charge on any atom is -0.384 e. The van der Waals surface area contributed by atoms with Crippen LogP contribution in [-0.2, 0) is 11.3 Å². The van der Waals surface area contributed by atoms with Gasteiger partial charge >= 0.3 is 0 Å². The van der Waals surface area contributed by atoms with Gasteiger partial charge in [0.1, 0.15) is 6.61 Å². The summed E-state index contributed by atoms with van der Waals surface area (Å²) >= 11 is 1.72. The molecule has 1 fully saturated rings. The predicted molar refractivity (Wildman–Crippen MR) is 78.2 cm³/mol. The Morgan fingerprint density at radius 2 is 2.37 bits per heavy atom. The van der Waals surface area contributed by atoms with Crippen molar-refractivity contribution in [1.82, 2.24) is 4.90 Å². The average Bonchev–Trinajstić information content (AvgIpc) is 3.13. The lowest BCUT2D eigenvalue weighted by atomic mass is 10.2. The minimum atomic E-state index is -0.0832. The van der Waals surface area contributed by atoms with Gasteiger partial charge in [-0.1, -0.05) is 11.8 Å². The summed E-state index contributed by atoms with van der Waals surface area (Å²) in [7, 11) is 2.10. The van der Waals surface area contributed by atoms with E-state index >= 15 is 0 Å². The number of thiophene rings is 1. The Balaban J connectivity index is 1.71. The second-order valence-electron chi connectivity index (χ2n) is 4.97. The van der Waals surface area contributed by atoms with E-state index in [4.69, 9.17) is 9.84 Å². The van der Waals surface area contributed by atoms with Crippen molar-refractivity contribution >= 4 is 11.3 Å². The van der Waals surface area contributed by atoms with E-state index in [-0.39, 0.29) is 6.61 Å². The summed E-state index contributed by atoms with van der Waals surface area (Å²) in [6.45, 7) is 3.48. The van der Waals surface area contributed by atoms with Crippen molar-refractivity contribution in [3.63, 3.8) is 0 Å². The van der Waals surface area contributed by atoms with Crippen molar-refractivity contribution < 1.29 is 9.84 Å². The molecule has 1 aliphatic rings. The van der Waals surface area contributed by atoms with E-state index in [1.807, 2.05) is 11.4 Å². The maximum atomic E-state index is 8.73. The largest absolute Gasteiger partial charge is 0.384 e. The van der Waals surface area contributed by atoms with Crippen molar-refractivity contribution in [2.75, 3.05) is 33.4 Å². The number of rotatable bonds is 7. The molecule has 1 saturated carbocycles. The standard InChI is InChI=1S/C15H21NO2S/c1-16(7-9-18-12-13-4-5-13)11-15-14(3-2-8-17)6-10-19-15/h6,10,13,17H,4-5,7-9,11-12H2,1H3. The smallest absolute Gasteiger partial charge is 0.104 e. The molecule has 0 spiro atoms. The maximum Gasteiger partial charge on any atom is 0.104 e. The van der Waals surface area contributed by atoms with Gasteiger partial charge < -0.3 is 9.84 Å². The van der Waals surface area contributed by atoms with Crippen molar-refractivity contribution in [3.8, 4) is 11.8 Å². The summed E-state index contributed by atoms with van der Waals surface area (Å²) in [5.74, 6) is 6.53. The Bertz CT molecular complexity index is 442. The fourth-order valence-electron chi connectivity index (χ4n) is 1.79. The summed E-state index contributed by atoms with van der Waals surface area (Å²) in [4.78, 5) is 3.51. The molecule has 0 bridgehead atoms. The molecule has 4 heteroatoms. The molecule has 1 aromatic rings. The second-order valence-corrected chi connectivity index (χ2v) is 5.97. The molecule has 2 rings (SSSR count). The zero-order valence-electron chi connectivity index (χ0n) is 11.4. The number of nitrogens with zero attached hydrogens (tertiary/aromatic N) is 1. The van der Waals surface area contributed by atoms with Gasteiger partial charge in [-0.2, -0.15) is 0 Å². The summed E-state index contributed by atoms with van der Waals surface area (Å²) in [5.41, 5.74) is 1.03. The van der Waals surface area contributed by atoms with Gasteiger partial charge in [-0.15, -0.1) is 11.3 Å². The third-order valence-corrected chi connectivity index (χ3v) is 4.03. The maximum absolute atomic E-state index is 8.73. The summed E-state index contributed by atoms with van der Waals surface area (Å²) in [6, 6.07) is 2.01. The molecule has 0 saturated heterocycles. The van der Waals surface area contributed by atoms with Crippen LogP contribution in [0.2, 0.25) is 0 Å². The highest BCUT2D eigenvalue weighted by Crippen LogP contribution is 2.28. The van der Waals surface area contributed by atoms with Gasteiger partial charge in [0.25, 0.3) is 0 Å². The SMILES string of the molecule is CN(CCOCC1CC1)Cc1sccc1C#CCO. The molecule has 19 heavy (non-hydrogen) atoms. The van der Waals surface area contributed by atoms with E-state index in [0.717, 1.165) is 37.8 Å². The lowest BCUT2D eigenvalue weighted by Gasteiger charge is -2.16. The predicted octanol–water partition coefficient (Wildman–Crippen LogP) is 1.95. The molecule has 3 nitrogen and oxygen atoms in total. The molecule has 1 aromatic heterocycles. The van der Waals surface area contributed by atoms with Crippen LogP contribution in [0.5, 0.6) is 0 Å². The Morgan fingerprint density at radius 3 is 3.11 bits per heavy atom. The Morgan fingerprint density at radius 1 is 1.53 bits per heavy atom. The first kappa shape index (κ1) is 14.5. The highest BCUT2D eigenvalue weighted by molar-refractivity contribution is 7.10. The van der Waals surface area contributed by atoms with Gasteiger partial charge in [-0.3, -0.25) is 4.90 Å². The van der Waals surface area contributed by atoms with Crippen LogP contribution in [-0.4, -0.2) is 43.4 Å². The van der Waals surface area contributed by atoms with Crippen LogP contribution in [0.1, 0.15) is 23.3 Å². The van der Waals surface area contributed by atoms with Crippen LogP contribution in [0.4, 0.5) is 0 Å². The van der Waals surface area contributed by atoms with Gasteiger partial charge in [-0.05, 0) is 37.3 Å². The Hall–Kier alpha value is -0.860. The van der Waals surface area contributed by atoms with Gasteiger partial charge in [0.15, 0.2) is 0 Å². The molecule has 0 aliphatic heterocycles. The fraction of sp³-hybridized carbons (Fsp3) is 0.600. The highest BCUT2D eigenvalue weighted by Gasteiger charge is 2.20. The van der Waals surface area contributed by atoms with Crippen LogP contribution in [0.3, 0.4) is 0 Å². The molecule has 1 aliphatic carbocycles. The zero-order chi connectivity index (χ0) is 13.5. The molecular formula is C15H21NO2S. The Kier molecular flexibility index (Phi) is 5.87. The lowest BCUT2D eigenvalue weighted by Crippen LogP contribution is -2.23. The van der Waals surface area contributed by atoms with Crippen LogP contribution < -0.4 is 0 Å². The van der Waals surface area contributed by atoms with Gasteiger partial charge in [-0.25, -0.2) is 0 Å². The lowest BCUT2D eigenvalue weighted by molar-refractivity contribution is 0.102. The highest BCUT2D eigenvalue weighted by atomic mass is 32.1. The summed E-state index contributed by atoms with van der Waals surface area (Å²) in [6.07, 6.45) is 2.69. The molecule has 104 valence electrons. The van der Waals surface area contributed by atoms with Crippen molar-refractivity contribution in [3.05, 3.63) is 21.9 Å². The van der Waals surface area contributed by atoms with Gasteiger partial charge in [0, 0.05) is 30.1 Å². The molecule has 0 unspecified atom stereocenters. The van der Waals surface area contributed by atoms with Crippen LogP contribution in [0, 0.1) is 17.8 Å². The van der Waals surface area contributed by atoms with Crippen molar-refractivity contribution in [1.29, 1.82) is 0 Å². The zero-order valence-corrected chi connectivity index (χ0v) is 12.2. The third-order valence-electron chi connectivity index (χ3n) is 3.13. The summed E-state index contributed by atoms with van der Waals surface area (Å²) < 4.78 is 5.64. The summed E-state index contributed by atoms with van der Waals surface area (Å²) in [5, 5.41) is 10.8. The van der Waals surface area contributed by atoms with E-state index in [1.165, 1.54) is 17.7 Å². The van der Waals surface area contributed by atoms with Crippen molar-refractivity contribution in [2.24, 2.45) is 5.92 Å². The normalized spacial score (nSPS) is 14.5. The number of hydrogen-bond acceptors (Lipinski definition) is 4. The first-order valence-corrected chi connectivity index (χ1v) is 7.60. The average molecular weight is 279 g/mol. The van der Waals surface area contributed by atoms with Gasteiger partial charge in [0.2, 0.25) is 0 Å². The topological polar surface area (TPSA) is 32.7 Å². The Labute approximate surface area is 119 Å². The monoisotopic (exact) mass is 279 g/mol. The molecule has 0 amide bonds. The van der Waals surface area contributed by atoms with E-state index in [1.54, 1.807) is 11.3 Å². The quantitative estimate of drug-likeness (QED) is 0.612. The number of aliphatic hydroxyl groups excluding tert-OH is 1. The molecular weight excluding hydrogens is 258 g/mol. The number of hydrogen-bond donors (Lipinski definition) is 1. The molecule has 1 N–H and O–H groups in total. The number of likely N-dealkylation sites (N-methyl/N-ethyl adjacent to an activating group) is 1. The molecule has 0 radical (unpaired) electrons. The second kappa shape index (κ2) is 7.66. The van der Waals surface area contributed by atoms with Crippen molar-refractivity contribution in [2.45, 2.75) is 19.4 Å².